The SMILES string of the molecule is CNc1ccc(C(=O)Nc2ccc(Br)cc2C)nn1. The lowest BCUT2D eigenvalue weighted by molar-refractivity contribution is 0.102. The molecule has 5 nitrogen and oxygen atoms in total. The molecule has 2 aromatic rings. The first kappa shape index (κ1) is 13.5. The van der Waals surface area contributed by atoms with Gasteiger partial charge in [-0.2, -0.15) is 0 Å². The molecule has 1 aromatic heterocycles. The van der Waals surface area contributed by atoms with Gasteiger partial charge < -0.3 is 10.6 Å². The Kier molecular flexibility index (Phi) is 4.11. The minimum atomic E-state index is -0.277. The molecule has 0 saturated carbocycles. The zero-order chi connectivity index (χ0) is 13.8. The van der Waals surface area contributed by atoms with Crippen molar-refractivity contribution in [2.75, 3.05) is 17.7 Å². The molecular weight excluding hydrogens is 308 g/mol. The Balaban J connectivity index is 2.15. The Labute approximate surface area is 119 Å². The van der Waals surface area contributed by atoms with Gasteiger partial charge in [-0.25, -0.2) is 0 Å². The lowest BCUT2D eigenvalue weighted by atomic mass is 10.2. The van der Waals surface area contributed by atoms with E-state index in [0.29, 0.717) is 5.82 Å². The van der Waals surface area contributed by atoms with E-state index in [9.17, 15) is 4.79 Å². The number of carbonyl (C=O) groups excluding carboxylic acids is 1. The molecule has 0 aliphatic heterocycles. The maximum atomic E-state index is 12.0. The fourth-order valence-electron chi connectivity index (χ4n) is 1.54. The predicted octanol–water partition coefficient (Wildman–Crippen LogP) is 2.84. The van der Waals surface area contributed by atoms with Crippen LogP contribution in [0.2, 0.25) is 0 Å². The molecule has 2 N–H and O–H groups in total. The largest absolute Gasteiger partial charge is 0.372 e. The van der Waals surface area contributed by atoms with Gasteiger partial charge in [0.2, 0.25) is 0 Å². The van der Waals surface area contributed by atoms with Gasteiger partial charge in [0.05, 0.1) is 0 Å². The summed E-state index contributed by atoms with van der Waals surface area (Å²) in [5, 5.41) is 13.4. The molecule has 2 rings (SSSR count). The average Bonchev–Trinajstić information content (AvgIpc) is 2.42. The zero-order valence-corrected chi connectivity index (χ0v) is 12.2. The molecule has 19 heavy (non-hydrogen) atoms. The van der Waals surface area contributed by atoms with E-state index >= 15 is 0 Å². The van der Waals surface area contributed by atoms with Gasteiger partial charge in [0.15, 0.2) is 5.69 Å². The van der Waals surface area contributed by atoms with E-state index in [0.717, 1.165) is 15.7 Å². The molecule has 0 bridgehead atoms. The highest BCUT2D eigenvalue weighted by molar-refractivity contribution is 9.10. The number of nitrogens with one attached hydrogen (secondary N) is 2. The smallest absolute Gasteiger partial charge is 0.276 e. The monoisotopic (exact) mass is 320 g/mol. The number of amides is 1. The van der Waals surface area contributed by atoms with Gasteiger partial charge in [-0.1, -0.05) is 15.9 Å². The van der Waals surface area contributed by atoms with Crippen LogP contribution in [0.5, 0.6) is 0 Å². The van der Waals surface area contributed by atoms with Gasteiger partial charge in [-0.15, -0.1) is 10.2 Å². The molecule has 0 fully saturated rings. The number of carbonyl (C=O) groups is 1. The normalized spacial score (nSPS) is 10.1. The second kappa shape index (κ2) is 5.79. The molecule has 98 valence electrons. The van der Waals surface area contributed by atoms with Gasteiger partial charge in [0, 0.05) is 17.2 Å². The molecule has 6 heteroatoms. The fourth-order valence-corrected chi connectivity index (χ4v) is 2.02. The lowest BCUT2D eigenvalue weighted by Crippen LogP contribution is -2.15. The third kappa shape index (κ3) is 3.29. The van der Waals surface area contributed by atoms with E-state index in [-0.39, 0.29) is 11.6 Å². The summed E-state index contributed by atoms with van der Waals surface area (Å²) >= 11 is 3.38. The van der Waals surface area contributed by atoms with Crippen LogP contribution in [0.3, 0.4) is 0 Å². The fraction of sp³-hybridized carbons (Fsp3) is 0.154. The minimum absolute atomic E-state index is 0.277. The van der Waals surface area contributed by atoms with Crippen molar-refractivity contribution in [3.8, 4) is 0 Å². The van der Waals surface area contributed by atoms with Crippen LogP contribution >= 0.6 is 15.9 Å². The van der Waals surface area contributed by atoms with Crippen molar-refractivity contribution in [2.45, 2.75) is 6.92 Å². The summed E-state index contributed by atoms with van der Waals surface area (Å²) in [4.78, 5) is 12.0. The number of anilines is 2. The maximum Gasteiger partial charge on any atom is 0.276 e. The Morgan fingerprint density at radius 3 is 2.58 bits per heavy atom. The topological polar surface area (TPSA) is 66.9 Å². The third-order valence-corrected chi connectivity index (χ3v) is 3.08. The molecule has 1 amide bonds. The van der Waals surface area contributed by atoms with Crippen LogP contribution in [-0.4, -0.2) is 23.2 Å². The molecule has 0 saturated heterocycles. The number of aryl methyl sites for hydroxylation is 1. The molecule has 1 heterocycles. The minimum Gasteiger partial charge on any atom is -0.372 e. The van der Waals surface area contributed by atoms with E-state index in [1.807, 2.05) is 25.1 Å². The number of nitrogens with zero attached hydrogens (tertiary/aromatic N) is 2. The summed E-state index contributed by atoms with van der Waals surface area (Å²) in [5.41, 5.74) is 2.01. The summed E-state index contributed by atoms with van der Waals surface area (Å²) in [6.07, 6.45) is 0. The number of hydrogen-bond acceptors (Lipinski definition) is 4. The number of hydrogen-bond donors (Lipinski definition) is 2. The number of aromatic nitrogens is 2. The van der Waals surface area contributed by atoms with Crippen LogP contribution < -0.4 is 10.6 Å². The van der Waals surface area contributed by atoms with E-state index in [1.165, 1.54) is 0 Å². The van der Waals surface area contributed by atoms with Crippen molar-refractivity contribution in [1.29, 1.82) is 0 Å². The first-order valence-corrected chi connectivity index (χ1v) is 6.48. The van der Waals surface area contributed by atoms with Gasteiger partial charge >= 0.3 is 0 Å². The third-order valence-electron chi connectivity index (χ3n) is 2.59. The number of rotatable bonds is 3. The highest BCUT2D eigenvalue weighted by Crippen LogP contribution is 2.20. The summed E-state index contributed by atoms with van der Waals surface area (Å²) in [5.74, 6) is 0.344. The first-order valence-electron chi connectivity index (χ1n) is 5.69. The highest BCUT2D eigenvalue weighted by atomic mass is 79.9. The van der Waals surface area contributed by atoms with Crippen molar-refractivity contribution in [3.05, 3.63) is 46.1 Å². The first-order chi connectivity index (χ1) is 9.10. The van der Waals surface area contributed by atoms with Crippen molar-refractivity contribution in [1.82, 2.24) is 10.2 Å². The summed E-state index contributed by atoms with van der Waals surface area (Å²) in [6, 6.07) is 8.98. The molecule has 0 aliphatic rings. The summed E-state index contributed by atoms with van der Waals surface area (Å²) < 4.78 is 0.973. The van der Waals surface area contributed by atoms with Gasteiger partial charge in [-0.3, -0.25) is 4.79 Å². The molecule has 0 atom stereocenters. The van der Waals surface area contributed by atoms with Crippen molar-refractivity contribution in [3.63, 3.8) is 0 Å². The van der Waals surface area contributed by atoms with E-state index in [1.54, 1.807) is 19.2 Å². The second-order valence-corrected chi connectivity index (χ2v) is 4.88. The van der Waals surface area contributed by atoms with Crippen LogP contribution in [0.15, 0.2) is 34.8 Å². The molecule has 0 aliphatic carbocycles. The second-order valence-electron chi connectivity index (χ2n) is 3.97. The van der Waals surface area contributed by atoms with E-state index in [4.69, 9.17) is 0 Å². The zero-order valence-electron chi connectivity index (χ0n) is 10.6. The molecule has 1 aromatic carbocycles. The van der Waals surface area contributed by atoms with Crippen LogP contribution in [0, 0.1) is 6.92 Å². The average molecular weight is 321 g/mol. The van der Waals surface area contributed by atoms with Crippen LogP contribution in [0.25, 0.3) is 0 Å². The Morgan fingerprint density at radius 2 is 2.00 bits per heavy atom. The lowest BCUT2D eigenvalue weighted by Gasteiger charge is -2.08. The quantitative estimate of drug-likeness (QED) is 0.912. The standard InChI is InChI=1S/C13H13BrN4O/c1-8-7-9(14)3-4-10(8)16-13(19)11-5-6-12(15-2)18-17-11/h3-7H,1-2H3,(H,15,18)(H,16,19). The van der Waals surface area contributed by atoms with Crippen LogP contribution in [-0.2, 0) is 0 Å². The Bertz CT molecular complexity index is 598. The van der Waals surface area contributed by atoms with Crippen molar-refractivity contribution >= 4 is 33.3 Å². The maximum absolute atomic E-state index is 12.0. The highest BCUT2D eigenvalue weighted by Gasteiger charge is 2.09. The summed E-state index contributed by atoms with van der Waals surface area (Å²) in [7, 11) is 1.74. The molecule has 0 radical (unpaired) electrons. The van der Waals surface area contributed by atoms with Gasteiger partial charge in [-0.05, 0) is 42.8 Å². The van der Waals surface area contributed by atoms with Crippen molar-refractivity contribution in [2.24, 2.45) is 0 Å². The van der Waals surface area contributed by atoms with Gasteiger partial charge in [0.25, 0.3) is 5.91 Å². The summed E-state index contributed by atoms with van der Waals surface area (Å²) in [6.45, 7) is 1.93. The van der Waals surface area contributed by atoms with Crippen LogP contribution in [0.1, 0.15) is 16.1 Å². The molecular formula is C13H13BrN4O. The Hall–Kier alpha value is -1.95. The number of benzene rings is 1. The van der Waals surface area contributed by atoms with E-state index < -0.39 is 0 Å². The Morgan fingerprint density at radius 1 is 1.21 bits per heavy atom. The predicted molar refractivity (Wildman–Crippen MR) is 78.4 cm³/mol. The van der Waals surface area contributed by atoms with E-state index in [2.05, 4.69) is 36.8 Å². The van der Waals surface area contributed by atoms with Crippen LogP contribution in [0.4, 0.5) is 11.5 Å². The van der Waals surface area contributed by atoms with Gasteiger partial charge in [0.1, 0.15) is 5.82 Å². The molecule has 0 spiro atoms. The number of halogens is 1. The molecule has 0 unspecified atom stereocenters. The van der Waals surface area contributed by atoms with Crippen molar-refractivity contribution < 1.29 is 4.79 Å².